The van der Waals surface area contributed by atoms with E-state index >= 15 is 0 Å². The van der Waals surface area contributed by atoms with Crippen molar-refractivity contribution < 1.29 is 8.42 Å². The van der Waals surface area contributed by atoms with E-state index in [-0.39, 0.29) is 12.4 Å². The van der Waals surface area contributed by atoms with Crippen LogP contribution in [-0.4, -0.2) is 33.0 Å². The average Bonchev–Trinajstić information content (AvgIpc) is 3.11. The predicted octanol–water partition coefficient (Wildman–Crippen LogP) is 4.67. The number of hydrogen-bond acceptors (Lipinski definition) is 3. The van der Waals surface area contributed by atoms with Crippen LogP contribution in [0.1, 0.15) is 43.7 Å². The number of nitrogens with one attached hydrogen (secondary N) is 1. The van der Waals surface area contributed by atoms with Crippen molar-refractivity contribution in [3.05, 3.63) is 59.7 Å². The topological polar surface area (TPSA) is 49.4 Å². The zero-order chi connectivity index (χ0) is 18.6. The van der Waals surface area contributed by atoms with Gasteiger partial charge in [0.1, 0.15) is 0 Å². The summed E-state index contributed by atoms with van der Waals surface area (Å²) in [5, 5.41) is 0. The fourth-order valence-electron chi connectivity index (χ4n) is 3.57. The van der Waals surface area contributed by atoms with Crippen LogP contribution in [0.15, 0.2) is 53.4 Å². The number of nitrogens with zero attached hydrogens (tertiary/aromatic N) is 1. The molecule has 0 bridgehead atoms. The number of rotatable bonds is 7. The van der Waals surface area contributed by atoms with Gasteiger partial charge < -0.3 is 4.90 Å². The van der Waals surface area contributed by atoms with E-state index in [1.807, 2.05) is 24.3 Å². The van der Waals surface area contributed by atoms with Crippen LogP contribution in [0.25, 0.3) is 0 Å². The van der Waals surface area contributed by atoms with Gasteiger partial charge in [0.05, 0.1) is 4.90 Å². The highest BCUT2D eigenvalue weighted by Crippen LogP contribution is 2.28. The summed E-state index contributed by atoms with van der Waals surface area (Å²) < 4.78 is 27.8. The van der Waals surface area contributed by atoms with Crippen molar-refractivity contribution in [3.63, 3.8) is 0 Å². The standard InChI is InChI=1S/C21H28N2O2S.ClH/c1-3-14-23-15-13-19(16-23)18-7-9-20(10-8-18)22-26(24,25)21-11-5-17(4-2)6-12-21;/h5-12,19,22H,3-4,13-16H2,1-2H3;1H/t19-;/m1./s1. The molecule has 0 spiro atoms. The Labute approximate surface area is 169 Å². The maximum atomic E-state index is 12.5. The third-order valence-electron chi connectivity index (χ3n) is 5.09. The van der Waals surface area contributed by atoms with Gasteiger partial charge in [-0.05, 0) is 73.7 Å². The molecule has 0 amide bonds. The monoisotopic (exact) mass is 408 g/mol. The molecule has 2 aromatic carbocycles. The molecule has 1 fully saturated rings. The van der Waals surface area contributed by atoms with Crippen molar-refractivity contribution in [1.29, 1.82) is 0 Å². The number of hydrogen-bond donors (Lipinski definition) is 1. The molecule has 3 rings (SSSR count). The van der Waals surface area contributed by atoms with Crippen molar-refractivity contribution in [2.45, 2.75) is 43.9 Å². The van der Waals surface area contributed by atoms with Gasteiger partial charge in [0.2, 0.25) is 0 Å². The molecule has 0 radical (unpaired) electrons. The number of anilines is 1. The molecule has 1 atom stereocenters. The maximum absolute atomic E-state index is 12.5. The van der Waals surface area contributed by atoms with Crippen molar-refractivity contribution in [1.82, 2.24) is 4.90 Å². The van der Waals surface area contributed by atoms with E-state index < -0.39 is 10.0 Å². The first kappa shape index (κ1) is 21.7. The quantitative estimate of drug-likeness (QED) is 0.724. The minimum Gasteiger partial charge on any atom is -0.303 e. The Hall–Kier alpha value is -1.56. The summed E-state index contributed by atoms with van der Waals surface area (Å²) in [6, 6.07) is 14.9. The van der Waals surface area contributed by atoms with Gasteiger partial charge in [-0.1, -0.05) is 38.1 Å². The van der Waals surface area contributed by atoms with Gasteiger partial charge in [-0.15, -0.1) is 12.4 Å². The average molecular weight is 409 g/mol. The fourth-order valence-corrected chi connectivity index (χ4v) is 4.62. The smallest absolute Gasteiger partial charge is 0.261 e. The Balaban J connectivity index is 0.00000261. The van der Waals surface area contributed by atoms with Crippen molar-refractivity contribution in [3.8, 4) is 0 Å². The highest BCUT2D eigenvalue weighted by atomic mass is 35.5. The SMILES string of the molecule is CCCN1CC[C@@H](c2ccc(NS(=O)(=O)c3ccc(CC)cc3)cc2)C1.Cl. The molecule has 0 saturated carbocycles. The van der Waals surface area contributed by atoms with Gasteiger partial charge in [0.25, 0.3) is 10.0 Å². The first-order valence-electron chi connectivity index (χ1n) is 9.46. The largest absolute Gasteiger partial charge is 0.303 e. The molecule has 1 aliphatic rings. The van der Waals surface area contributed by atoms with Gasteiger partial charge in [-0.2, -0.15) is 0 Å². The Bertz CT molecular complexity index is 820. The van der Waals surface area contributed by atoms with Crippen LogP contribution in [-0.2, 0) is 16.4 Å². The van der Waals surface area contributed by atoms with Gasteiger partial charge in [0, 0.05) is 12.2 Å². The second-order valence-electron chi connectivity index (χ2n) is 7.01. The normalized spacial score (nSPS) is 17.5. The van der Waals surface area contributed by atoms with Crippen LogP contribution in [0.3, 0.4) is 0 Å². The Kier molecular flexibility index (Phi) is 7.71. The molecule has 1 saturated heterocycles. The highest BCUT2D eigenvalue weighted by Gasteiger charge is 2.23. The van der Waals surface area contributed by atoms with E-state index in [9.17, 15) is 8.42 Å². The Morgan fingerprint density at radius 3 is 2.30 bits per heavy atom. The van der Waals surface area contributed by atoms with E-state index in [2.05, 4.69) is 35.6 Å². The minimum atomic E-state index is -3.54. The molecule has 6 heteroatoms. The molecule has 1 N–H and O–H groups in total. The molecule has 0 unspecified atom stereocenters. The number of benzene rings is 2. The lowest BCUT2D eigenvalue weighted by Crippen LogP contribution is -2.20. The molecule has 4 nitrogen and oxygen atoms in total. The third kappa shape index (κ3) is 5.47. The lowest BCUT2D eigenvalue weighted by molar-refractivity contribution is 0.335. The summed E-state index contributed by atoms with van der Waals surface area (Å²) in [6.07, 6.45) is 3.26. The van der Waals surface area contributed by atoms with E-state index in [0.717, 1.165) is 31.6 Å². The lowest BCUT2D eigenvalue weighted by atomic mass is 9.98. The van der Waals surface area contributed by atoms with Gasteiger partial charge in [0.15, 0.2) is 0 Å². The summed E-state index contributed by atoms with van der Waals surface area (Å²) >= 11 is 0. The van der Waals surface area contributed by atoms with Crippen LogP contribution in [0.2, 0.25) is 0 Å². The van der Waals surface area contributed by atoms with Crippen molar-refractivity contribution >= 4 is 28.1 Å². The van der Waals surface area contributed by atoms with Gasteiger partial charge >= 0.3 is 0 Å². The molecule has 148 valence electrons. The molecular formula is C21H29ClN2O2S. The summed E-state index contributed by atoms with van der Waals surface area (Å²) in [6.45, 7) is 7.67. The predicted molar refractivity (Wildman–Crippen MR) is 114 cm³/mol. The summed E-state index contributed by atoms with van der Waals surface area (Å²) in [5.74, 6) is 0.550. The van der Waals surface area contributed by atoms with Crippen LogP contribution in [0.5, 0.6) is 0 Å². The maximum Gasteiger partial charge on any atom is 0.261 e. The first-order valence-corrected chi connectivity index (χ1v) is 10.9. The second-order valence-corrected chi connectivity index (χ2v) is 8.69. The zero-order valence-corrected chi connectivity index (χ0v) is 17.7. The van der Waals surface area contributed by atoms with Crippen molar-refractivity contribution in [2.75, 3.05) is 24.4 Å². The molecular weight excluding hydrogens is 380 g/mol. The van der Waals surface area contributed by atoms with Gasteiger partial charge in [-0.3, -0.25) is 4.72 Å². The van der Waals surface area contributed by atoms with E-state index in [0.29, 0.717) is 16.5 Å². The number of sulfonamides is 1. The molecule has 1 heterocycles. The third-order valence-corrected chi connectivity index (χ3v) is 6.49. The number of aryl methyl sites for hydroxylation is 1. The second kappa shape index (κ2) is 9.58. The van der Waals surface area contributed by atoms with Crippen molar-refractivity contribution in [2.24, 2.45) is 0 Å². The first-order chi connectivity index (χ1) is 12.5. The molecule has 2 aromatic rings. The number of likely N-dealkylation sites (tertiary alicyclic amines) is 1. The van der Waals surface area contributed by atoms with Crippen LogP contribution < -0.4 is 4.72 Å². The van der Waals surface area contributed by atoms with E-state index in [1.54, 1.807) is 12.1 Å². The molecule has 0 aromatic heterocycles. The molecule has 1 aliphatic heterocycles. The Morgan fingerprint density at radius 2 is 1.70 bits per heavy atom. The summed E-state index contributed by atoms with van der Waals surface area (Å²) in [4.78, 5) is 2.80. The summed E-state index contributed by atoms with van der Waals surface area (Å²) in [7, 11) is -3.54. The van der Waals surface area contributed by atoms with E-state index in [1.165, 1.54) is 18.4 Å². The van der Waals surface area contributed by atoms with Crippen LogP contribution >= 0.6 is 12.4 Å². The Morgan fingerprint density at radius 1 is 1.04 bits per heavy atom. The molecule has 27 heavy (non-hydrogen) atoms. The molecule has 0 aliphatic carbocycles. The number of halogens is 1. The van der Waals surface area contributed by atoms with E-state index in [4.69, 9.17) is 0 Å². The fraction of sp³-hybridized carbons (Fsp3) is 0.429. The summed E-state index contributed by atoms with van der Waals surface area (Å²) in [5.41, 5.74) is 3.03. The zero-order valence-electron chi connectivity index (χ0n) is 16.0. The highest BCUT2D eigenvalue weighted by molar-refractivity contribution is 7.92. The lowest BCUT2D eigenvalue weighted by Gasteiger charge is -2.15. The van der Waals surface area contributed by atoms with Crippen LogP contribution in [0, 0.1) is 0 Å². The van der Waals surface area contributed by atoms with Gasteiger partial charge in [-0.25, -0.2) is 8.42 Å². The minimum absolute atomic E-state index is 0. The van der Waals surface area contributed by atoms with Crippen LogP contribution in [0.4, 0.5) is 5.69 Å².